The first-order chi connectivity index (χ1) is 17.2. The van der Waals surface area contributed by atoms with Crippen LogP contribution in [0, 0.1) is 0 Å². The summed E-state index contributed by atoms with van der Waals surface area (Å²) in [5.74, 6) is 1.60. The van der Waals surface area contributed by atoms with E-state index in [1.165, 1.54) is 11.1 Å². The van der Waals surface area contributed by atoms with Crippen LogP contribution in [-0.4, -0.2) is 63.2 Å². The van der Waals surface area contributed by atoms with E-state index in [9.17, 15) is 4.79 Å². The van der Waals surface area contributed by atoms with Crippen molar-refractivity contribution in [3.8, 4) is 17.2 Å². The van der Waals surface area contributed by atoms with Crippen LogP contribution in [0.2, 0.25) is 0 Å². The number of halogens is 1. The fourth-order valence-corrected chi connectivity index (χ4v) is 4.61. The predicted molar refractivity (Wildman–Crippen MR) is 145 cm³/mol. The molecule has 4 rings (SSSR count). The summed E-state index contributed by atoms with van der Waals surface area (Å²) in [7, 11) is 4.72. The van der Waals surface area contributed by atoms with E-state index in [2.05, 4.69) is 53.4 Å². The van der Waals surface area contributed by atoms with E-state index in [1.807, 2.05) is 23.1 Å². The van der Waals surface area contributed by atoms with Gasteiger partial charge in [0.1, 0.15) is 0 Å². The van der Waals surface area contributed by atoms with Gasteiger partial charge >= 0.3 is 0 Å². The number of carbonyl (C=O) groups is 1. The zero-order chi connectivity index (χ0) is 24.6. The molecule has 0 unspecified atom stereocenters. The number of piperazine rings is 1. The molecule has 3 aromatic carbocycles. The number of methoxy groups -OCH3 is 3. The second-order valence-corrected chi connectivity index (χ2v) is 8.34. The number of carbonyl (C=O) groups excluding carboxylic acids is 1. The standard InChI is InChI=1S/C29H32N2O4.ClH/c1-33-25-16-14-24(28(34-2)29(25)35-3)15-17-26(32)30-18-20-31(21-19-30)27(22-10-6-4-7-11-22)23-12-8-5-9-13-23;/h4-17,27H,18-21H2,1-3H3;1H/b17-15+;. The number of rotatable bonds is 8. The minimum atomic E-state index is -0.0162. The quantitative estimate of drug-likeness (QED) is 0.397. The van der Waals surface area contributed by atoms with Gasteiger partial charge in [0, 0.05) is 37.8 Å². The molecule has 3 aromatic rings. The summed E-state index contributed by atoms with van der Waals surface area (Å²) in [6.45, 7) is 2.94. The van der Waals surface area contributed by atoms with Crippen molar-refractivity contribution in [1.29, 1.82) is 0 Å². The van der Waals surface area contributed by atoms with Crippen LogP contribution in [0.5, 0.6) is 17.2 Å². The molecule has 6 nitrogen and oxygen atoms in total. The number of amides is 1. The zero-order valence-corrected chi connectivity index (χ0v) is 21.7. The Labute approximate surface area is 219 Å². The van der Waals surface area contributed by atoms with Gasteiger partial charge in [0.2, 0.25) is 11.7 Å². The minimum Gasteiger partial charge on any atom is -0.493 e. The highest BCUT2D eigenvalue weighted by molar-refractivity contribution is 5.92. The third kappa shape index (κ3) is 6.01. The lowest BCUT2D eigenvalue weighted by molar-refractivity contribution is -0.127. The molecule has 36 heavy (non-hydrogen) atoms. The lowest BCUT2D eigenvalue weighted by Gasteiger charge is -2.39. The number of hydrogen-bond acceptors (Lipinski definition) is 5. The molecule has 1 saturated heterocycles. The maximum atomic E-state index is 13.0. The summed E-state index contributed by atoms with van der Waals surface area (Å²) in [4.78, 5) is 17.3. The van der Waals surface area contributed by atoms with Gasteiger partial charge in [-0.25, -0.2) is 0 Å². The van der Waals surface area contributed by atoms with E-state index >= 15 is 0 Å². The van der Waals surface area contributed by atoms with Crippen molar-refractivity contribution < 1.29 is 19.0 Å². The van der Waals surface area contributed by atoms with Crippen LogP contribution < -0.4 is 14.2 Å². The van der Waals surface area contributed by atoms with Crippen molar-refractivity contribution in [3.63, 3.8) is 0 Å². The first-order valence-electron chi connectivity index (χ1n) is 11.8. The molecule has 0 saturated carbocycles. The topological polar surface area (TPSA) is 51.2 Å². The van der Waals surface area contributed by atoms with Gasteiger partial charge in [-0.3, -0.25) is 9.69 Å². The summed E-state index contributed by atoms with van der Waals surface area (Å²) >= 11 is 0. The van der Waals surface area contributed by atoms with Gasteiger partial charge in [-0.1, -0.05) is 60.7 Å². The maximum Gasteiger partial charge on any atom is 0.246 e. The van der Waals surface area contributed by atoms with E-state index in [0.717, 1.165) is 18.7 Å². The summed E-state index contributed by atoms with van der Waals surface area (Å²) in [5, 5.41) is 0. The van der Waals surface area contributed by atoms with E-state index in [1.54, 1.807) is 39.5 Å². The van der Waals surface area contributed by atoms with Crippen molar-refractivity contribution in [2.75, 3.05) is 47.5 Å². The average molecular weight is 509 g/mol. The molecule has 7 heteroatoms. The average Bonchev–Trinajstić information content (AvgIpc) is 2.92. The number of ether oxygens (including phenoxy) is 3. The summed E-state index contributed by atoms with van der Waals surface area (Å²) in [6, 6.07) is 24.9. The van der Waals surface area contributed by atoms with Crippen LogP contribution >= 0.6 is 12.4 Å². The lowest BCUT2D eigenvalue weighted by atomic mass is 9.96. The van der Waals surface area contributed by atoms with Crippen LogP contribution in [0.25, 0.3) is 6.08 Å². The molecule has 0 aromatic heterocycles. The van der Waals surface area contributed by atoms with Crippen molar-refractivity contribution in [2.45, 2.75) is 6.04 Å². The van der Waals surface area contributed by atoms with E-state index in [-0.39, 0.29) is 24.4 Å². The molecule has 0 spiro atoms. The zero-order valence-electron chi connectivity index (χ0n) is 20.9. The summed E-state index contributed by atoms with van der Waals surface area (Å²) < 4.78 is 16.3. The third-order valence-corrected chi connectivity index (χ3v) is 6.36. The molecule has 0 bridgehead atoms. The van der Waals surface area contributed by atoms with Crippen molar-refractivity contribution >= 4 is 24.4 Å². The molecule has 0 radical (unpaired) electrons. The number of nitrogens with zero attached hydrogens (tertiary/aromatic N) is 2. The first kappa shape index (κ1) is 27.1. The van der Waals surface area contributed by atoms with Crippen molar-refractivity contribution in [2.24, 2.45) is 0 Å². The molecule has 1 fully saturated rings. The Hall–Kier alpha value is -3.48. The largest absolute Gasteiger partial charge is 0.493 e. The smallest absolute Gasteiger partial charge is 0.246 e. The molecule has 1 heterocycles. The second kappa shape index (κ2) is 13.0. The second-order valence-electron chi connectivity index (χ2n) is 8.34. The van der Waals surface area contributed by atoms with Gasteiger partial charge in [0.15, 0.2) is 11.5 Å². The molecule has 1 amide bonds. The van der Waals surface area contributed by atoms with Gasteiger partial charge in [-0.05, 0) is 29.3 Å². The SMILES string of the molecule is COc1ccc(/C=C/C(=O)N2CCN(C(c3ccccc3)c3ccccc3)CC2)c(OC)c1OC.Cl. The predicted octanol–water partition coefficient (Wildman–Crippen LogP) is 5.08. The Kier molecular flexibility index (Phi) is 9.79. The van der Waals surface area contributed by atoms with Crippen LogP contribution in [0.3, 0.4) is 0 Å². The molecular weight excluding hydrogens is 476 g/mol. The van der Waals surface area contributed by atoms with Gasteiger partial charge in [-0.15, -0.1) is 12.4 Å². The highest BCUT2D eigenvalue weighted by atomic mass is 35.5. The maximum absolute atomic E-state index is 13.0. The van der Waals surface area contributed by atoms with Crippen LogP contribution in [0.1, 0.15) is 22.7 Å². The molecule has 1 aliphatic heterocycles. The summed E-state index contributed by atoms with van der Waals surface area (Å²) in [5.41, 5.74) is 3.28. The van der Waals surface area contributed by atoms with E-state index < -0.39 is 0 Å². The Bertz CT molecular complexity index is 1110. The van der Waals surface area contributed by atoms with Crippen LogP contribution in [0.15, 0.2) is 78.9 Å². The Morgan fingerprint density at radius 3 is 1.81 bits per heavy atom. The first-order valence-corrected chi connectivity index (χ1v) is 11.8. The van der Waals surface area contributed by atoms with Crippen molar-refractivity contribution in [3.05, 3.63) is 95.6 Å². The Morgan fingerprint density at radius 2 is 1.31 bits per heavy atom. The van der Waals surface area contributed by atoms with Crippen LogP contribution in [-0.2, 0) is 4.79 Å². The van der Waals surface area contributed by atoms with Gasteiger partial charge in [0.25, 0.3) is 0 Å². The van der Waals surface area contributed by atoms with Crippen molar-refractivity contribution in [1.82, 2.24) is 9.80 Å². The van der Waals surface area contributed by atoms with E-state index in [0.29, 0.717) is 30.3 Å². The van der Waals surface area contributed by atoms with Gasteiger partial charge < -0.3 is 19.1 Å². The fourth-order valence-electron chi connectivity index (χ4n) is 4.61. The highest BCUT2D eigenvalue weighted by Crippen LogP contribution is 2.40. The Morgan fingerprint density at radius 1 is 0.750 bits per heavy atom. The fraction of sp³-hybridized carbons (Fsp3) is 0.276. The summed E-state index contributed by atoms with van der Waals surface area (Å²) in [6.07, 6.45) is 3.37. The number of hydrogen-bond donors (Lipinski definition) is 0. The minimum absolute atomic E-state index is 0. The molecule has 1 aliphatic rings. The lowest BCUT2D eigenvalue weighted by Crippen LogP contribution is -2.49. The van der Waals surface area contributed by atoms with Gasteiger partial charge in [-0.2, -0.15) is 0 Å². The molecule has 0 N–H and O–H groups in total. The normalized spacial score (nSPS) is 13.9. The molecular formula is C29H33ClN2O4. The Balaban J connectivity index is 0.00000361. The molecule has 190 valence electrons. The van der Waals surface area contributed by atoms with E-state index in [4.69, 9.17) is 14.2 Å². The highest BCUT2D eigenvalue weighted by Gasteiger charge is 2.27. The third-order valence-electron chi connectivity index (χ3n) is 6.36. The molecule has 0 atom stereocenters. The monoisotopic (exact) mass is 508 g/mol. The van der Waals surface area contributed by atoms with Gasteiger partial charge in [0.05, 0.1) is 27.4 Å². The van der Waals surface area contributed by atoms with Crippen LogP contribution in [0.4, 0.5) is 0 Å². The number of benzene rings is 3. The molecule has 0 aliphatic carbocycles.